The minimum Gasteiger partial charge on any atom is -0.347 e. The second-order valence-electron chi connectivity index (χ2n) is 8.36. The largest absolute Gasteiger partial charge is 0.347 e. The standard InChI is InChI=1S/C27H32N2O/c30-27(26(23-15-7-2-8-16-23)24-17-9-3-10-18-24)28-25(22-13-5-1-6-14-22)21-29-19-11-4-12-20-29/h2-3,5,7-10,13-18,25-26H,1,4,6,11-12,19-21H2,(H,28,30). The number of carbonyl (C=O) groups is 1. The van der Waals surface area contributed by atoms with Gasteiger partial charge >= 0.3 is 0 Å². The van der Waals surface area contributed by atoms with Crippen molar-refractivity contribution in [2.75, 3.05) is 19.6 Å². The number of piperidine rings is 1. The molecule has 0 bridgehead atoms. The number of hydrogen-bond donors (Lipinski definition) is 1. The van der Waals surface area contributed by atoms with Gasteiger partial charge in [-0.3, -0.25) is 4.79 Å². The zero-order valence-corrected chi connectivity index (χ0v) is 17.7. The summed E-state index contributed by atoms with van der Waals surface area (Å²) in [5, 5.41) is 3.43. The maximum absolute atomic E-state index is 13.7. The highest BCUT2D eigenvalue weighted by molar-refractivity contribution is 5.87. The summed E-state index contributed by atoms with van der Waals surface area (Å²) >= 11 is 0. The Balaban J connectivity index is 1.58. The Bertz CT molecular complexity index is 827. The molecule has 1 amide bonds. The molecule has 2 aromatic rings. The summed E-state index contributed by atoms with van der Waals surface area (Å²) in [5.74, 6) is -0.223. The topological polar surface area (TPSA) is 32.3 Å². The van der Waals surface area contributed by atoms with Crippen LogP contribution in [-0.2, 0) is 4.79 Å². The number of hydrogen-bond acceptors (Lipinski definition) is 2. The van der Waals surface area contributed by atoms with E-state index in [9.17, 15) is 4.79 Å². The molecule has 3 nitrogen and oxygen atoms in total. The lowest BCUT2D eigenvalue weighted by molar-refractivity contribution is -0.122. The highest BCUT2D eigenvalue weighted by atomic mass is 16.2. The lowest BCUT2D eigenvalue weighted by atomic mass is 9.89. The van der Waals surface area contributed by atoms with Crippen LogP contribution in [0.5, 0.6) is 0 Å². The van der Waals surface area contributed by atoms with Crippen LogP contribution in [0.15, 0.2) is 84.5 Å². The fourth-order valence-electron chi connectivity index (χ4n) is 4.57. The van der Waals surface area contributed by atoms with Gasteiger partial charge < -0.3 is 10.2 Å². The van der Waals surface area contributed by atoms with Gasteiger partial charge in [0.25, 0.3) is 0 Å². The van der Waals surface area contributed by atoms with E-state index in [1.165, 1.54) is 24.8 Å². The van der Waals surface area contributed by atoms with E-state index in [1.807, 2.05) is 36.4 Å². The molecule has 0 aromatic heterocycles. The van der Waals surface area contributed by atoms with Crippen LogP contribution >= 0.6 is 0 Å². The van der Waals surface area contributed by atoms with Gasteiger partial charge in [-0.05, 0) is 55.5 Å². The number of likely N-dealkylation sites (tertiary alicyclic amines) is 1. The molecule has 2 aromatic carbocycles. The molecule has 0 saturated carbocycles. The minimum atomic E-state index is -0.301. The van der Waals surface area contributed by atoms with Gasteiger partial charge in [0, 0.05) is 6.54 Å². The van der Waals surface area contributed by atoms with E-state index in [1.54, 1.807) is 0 Å². The zero-order valence-electron chi connectivity index (χ0n) is 17.7. The molecule has 1 heterocycles. The number of nitrogens with zero attached hydrogens (tertiary/aromatic N) is 1. The van der Waals surface area contributed by atoms with Crippen LogP contribution in [0.4, 0.5) is 0 Å². The van der Waals surface area contributed by atoms with Crippen molar-refractivity contribution in [2.24, 2.45) is 0 Å². The molecular weight excluding hydrogens is 368 g/mol. The molecule has 1 unspecified atom stereocenters. The molecule has 1 saturated heterocycles. The van der Waals surface area contributed by atoms with E-state index >= 15 is 0 Å². The lowest BCUT2D eigenvalue weighted by Gasteiger charge is -2.33. The molecule has 1 aliphatic heterocycles. The number of carbonyl (C=O) groups excluding carboxylic acids is 1. The molecule has 2 aliphatic rings. The van der Waals surface area contributed by atoms with Crippen molar-refractivity contribution in [1.82, 2.24) is 10.2 Å². The van der Waals surface area contributed by atoms with Crippen molar-refractivity contribution in [1.29, 1.82) is 0 Å². The Morgan fingerprint density at radius 1 is 0.867 bits per heavy atom. The maximum Gasteiger partial charge on any atom is 0.232 e. The van der Waals surface area contributed by atoms with Gasteiger partial charge in [-0.1, -0.05) is 85.3 Å². The van der Waals surface area contributed by atoms with Gasteiger partial charge in [0.15, 0.2) is 0 Å². The molecule has 1 N–H and O–H groups in total. The summed E-state index contributed by atoms with van der Waals surface area (Å²) in [4.78, 5) is 16.2. The first-order valence-corrected chi connectivity index (χ1v) is 11.3. The molecule has 1 atom stereocenters. The summed E-state index contributed by atoms with van der Waals surface area (Å²) in [7, 11) is 0. The zero-order chi connectivity index (χ0) is 20.6. The van der Waals surface area contributed by atoms with Crippen molar-refractivity contribution >= 4 is 5.91 Å². The smallest absolute Gasteiger partial charge is 0.232 e. The lowest BCUT2D eigenvalue weighted by Crippen LogP contribution is -2.47. The third-order valence-electron chi connectivity index (χ3n) is 6.16. The average molecular weight is 401 g/mol. The fraction of sp³-hybridized carbons (Fsp3) is 0.370. The SMILES string of the molecule is O=C(NC(CN1CCCCC1)C1=CCCC=C1)C(c1ccccc1)c1ccccc1. The molecule has 0 radical (unpaired) electrons. The normalized spacial score (nSPS) is 18.1. The third kappa shape index (κ3) is 5.28. The van der Waals surface area contributed by atoms with E-state index in [0.717, 1.165) is 43.6 Å². The second-order valence-corrected chi connectivity index (χ2v) is 8.36. The van der Waals surface area contributed by atoms with Crippen molar-refractivity contribution < 1.29 is 4.79 Å². The first kappa shape index (κ1) is 20.6. The monoisotopic (exact) mass is 400 g/mol. The second kappa shape index (κ2) is 10.4. The number of amides is 1. The quantitative estimate of drug-likeness (QED) is 0.704. The summed E-state index contributed by atoms with van der Waals surface area (Å²) in [5.41, 5.74) is 3.32. The Hall–Kier alpha value is -2.65. The Morgan fingerprint density at radius 3 is 2.07 bits per heavy atom. The Labute approximate surface area is 180 Å². The molecule has 4 rings (SSSR count). The predicted molar refractivity (Wildman–Crippen MR) is 123 cm³/mol. The number of allylic oxidation sites excluding steroid dienone is 2. The Kier molecular flexibility index (Phi) is 7.15. The van der Waals surface area contributed by atoms with Crippen LogP contribution in [-0.4, -0.2) is 36.5 Å². The van der Waals surface area contributed by atoms with Gasteiger partial charge in [0.2, 0.25) is 5.91 Å². The molecule has 0 spiro atoms. The van der Waals surface area contributed by atoms with E-state index in [-0.39, 0.29) is 17.9 Å². The van der Waals surface area contributed by atoms with Crippen LogP contribution in [0.25, 0.3) is 0 Å². The van der Waals surface area contributed by atoms with Gasteiger partial charge in [0.05, 0.1) is 12.0 Å². The highest BCUT2D eigenvalue weighted by Crippen LogP contribution is 2.26. The molecule has 3 heteroatoms. The first-order valence-electron chi connectivity index (χ1n) is 11.3. The fourth-order valence-corrected chi connectivity index (χ4v) is 4.57. The Morgan fingerprint density at radius 2 is 1.50 bits per heavy atom. The van der Waals surface area contributed by atoms with Gasteiger partial charge in [-0.15, -0.1) is 0 Å². The summed E-state index contributed by atoms with van der Waals surface area (Å²) in [6, 6.07) is 20.3. The van der Waals surface area contributed by atoms with E-state index in [4.69, 9.17) is 0 Å². The first-order chi connectivity index (χ1) is 14.8. The van der Waals surface area contributed by atoms with E-state index < -0.39 is 0 Å². The molecule has 1 aliphatic carbocycles. The van der Waals surface area contributed by atoms with Gasteiger partial charge in [-0.25, -0.2) is 0 Å². The highest BCUT2D eigenvalue weighted by Gasteiger charge is 2.27. The number of benzene rings is 2. The maximum atomic E-state index is 13.7. The molecule has 30 heavy (non-hydrogen) atoms. The molecule has 1 fully saturated rings. The van der Waals surface area contributed by atoms with Crippen LogP contribution in [0, 0.1) is 0 Å². The molecular formula is C27H32N2O. The number of rotatable bonds is 7. The molecule has 156 valence electrons. The van der Waals surface area contributed by atoms with Crippen molar-refractivity contribution in [3.63, 3.8) is 0 Å². The van der Waals surface area contributed by atoms with Crippen molar-refractivity contribution in [2.45, 2.75) is 44.1 Å². The number of nitrogens with one attached hydrogen (secondary N) is 1. The summed E-state index contributed by atoms with van der Waals surface area (Å²) in [6.45, 7) is 3.15. The van der Waals surface area contributed by atoms with Crippen LogP contribution in [0.3, 0.4) is 0 Å². The van der Waals surface area contributed by atoms with Gasteiger partial charge in [-0.2, -0.15) is 0 Å². The predicted octanol–water partition coefficient (Wildman–Crippen LogP) is 5.07. The van der Waals surface area contributed by atoms with Crippen LogP contribution < -0.4 is 5.32 Å². The van der Waals surface area contributed by atoms with Crippen LogP contribution in [0.1, 0.15) is 49.1 Å². The van der Waals surface area contributed by atoms with Crippen LogP contribution in [0.2, 0.25) is 0 Å². The summed E-state index contributed by atoms with van der Waals surface area (Å²) < 4.78 is 0. The third-order valence-corrected chi connectivity index (χ3v) is 6.16. The van der Waals surface area contributed by atoms with Crippen molar-refractivity contribution in [3.05, 3.63) is 95.6 Å². The van der Waals surface area contributed by atoms with Gasteiger partial charge in [0.1, 0.15) is 0 Å². The minimum absolute atomic E-state index is 0.0297. The van der Waals surface area contributed by atoms with Crippen molar-refractivity contribution in [3.8, 4) is 0 Å². The van der Waals surface area contributed by atoms with E-state index in [2.05, 4.69) is 52.7 Å². The summed E-state index contributed by atoms with van der Waals surface area (Å²) in [6.07, 6.45) is 12.7. The van der Waals surface area contributed by atoms with E-state index in [0.29, 0.717) is 0 Å². The average Bonchev–Trinajstić information content (AvgIpc) is 2.81.